The van der Waals surface area contributed by atoms with E-state index >= 15 is 0 Å². The number of aromatic nitrogens is 3. The van der Waals surface area contributed by atoms with Gasteiger partial charge in [-0.15, -0.1) is 0 Å². The topological polar surface area (TPSA) is 270 Å². The van der Waals surface area contributed by atoms with E-state index in [1.54, 1.807) is 6.20 Å². The Balaban J connectivity index is 1.71. The molecule has 0 saturated heterocycles. The number of carboxylic acids is 3. The maximum Gasteiger partial charge on any atom is 0.326 e. The summed E-state index contributed by atoms with van der Waals surface area (Å²) in [4.78, 5) is 82.7. The fraction of sp³-hybridized carbons (Fsp3) is 0.346. The third-order valence-electron chi connectivity index (χ3n) is 6.34. The smallest absolute Gasteiger partial charge is 0.326 e. The first-order valence-corrected chi connectivity index (χ1v) is 12.8. The van der Waals surface area contributed by atoms with E-state index in [0.717, 1.165) is 16.5 Å². The van der Waals surface area contributed by atoms with Crippen LogP contribution in [-0.2, 0) is 41.6 Å². The Morgan fingerprint density at radius 3 is 2.14 bits per heavy atom. The van der Waals surface area contributed by atoms with Crippen LogP contribution in [-0.4, -0.2) is 90.1 Å². The Hall–Kier alpha value is -5.25. The van der Waals surface area contributed by atoms with Crippen LogP contribution in [0.5, 0.6) is 0 Å². The van der Waals surface area contributed by atoms with Crippen LogP contribution in [0.4, 0.5) is 0 Å². The van der Waals surface area contributed by atoms with Gasteiger partial charge in [-0.25, -0.2) is 9.78 Å². The molecule has 3 amide bonds. The minimum Gasteiger partial charge on any atom is -0.481 e. The van der Waals surface area contributed by atoms with E-state index in [0.29, 0.717) is 5.69 Å². The van der Waals surface area contributed by atoms with Crippen LogP contribution in [0, 0.1) is 0 Å². The summed E-state index contributed by atoms with van der Waals surface area (Å²) >= 11 is 0. The molecule has 224 valence electrons. The molecule has 3 rings (SSSR count). The van der Waals surface area contributed by atoms with E-state index in [1.807, 2.05) is 24.3 Å². The second-order valence-corrected chi connectivity index (χ2v) is 9.50. The minimum absolute atomic E-state index is 0.0834. The summed E-state index contributed by atoms with van der Waals surface area (Å²) in [5.41, 5.74) is 8.02. The number of hydrogen-bond donors (Lipinski definition) is 9. The highest BCUT2D eigenvalue weighted by Gasteiger charge is 2.32. The number of hydrogen-bond acceptors (Lipinski definition) is 8. The van der Waals surface area contributed by atoms with Crippen molar-refractivity contribution in [1.29, 1.82) is 0 Å². The zero-order chi connectivity index (χ0) is 30.8. The minimum atomic E-state index is -1.75. The van der Waals surface area contributed by atoms with Crippen molar-refractivity contribution in [1.82, 2.24) is 30.9 Å². The number of fused-ring (bicyclic) bond motifs is 1. The van der Waals surface area contributed by atoms with Gasteiger partial charge in [-0.1, -0.05) is 18.2 Å². The van der Waals surface area contributed by atoms with E-state index in [9.17, 15) is 39.0 Å². The Bertz CT molecular complexity index is 1440. The summed E-state index contributed by atoms with van der Waals surface area (Å²) in [7, 11) is 0. The molecule has 2 heterocycles. The number of imidazole rings is 1. The molecule has 0 bridgehead atoms. The SMILES string of the molecule is NC(Cc1c[nH]c2ccccc12)C(=O)NC(CCC(=O)O)C(=O)NC(CC(=O)O)C(=O)NC(Cc1cnc[nH]1)C(=O)O. The van der Waals surface area contributed by atoms with Crippen LogP contribution in [0.1, 0.15) is 30.5 Å². The van der Waals surface area contributed by atoms with Crippen molar-refractivity contribution in [2.45, 2.75) is 56.3 Å². The molecule has 1 aromatic carbocycles. The number of nitrogens with two attached hydrogens (primary N) is 1. The van der Waals surface area contributed by atoms with Crippen LogP contribution >= 0.6 is 0 Å². The Labute approximate surface area is 238 Å². The maximum atomic E-state index is 13.1. The lowest BCUT2D eigenvalue weighted by Gasteiger charge is -2.24. The molecule has 0 fully saturated rings. The zero-order valence-corrected chi connectivity index (χ0v) is 22.2. The quantitative estimate of drug-likeness (QED) is 0.0971. The van der Waals surface area contributed by atoms with E-state index in [2.05, 4.69) is 30.9 Å². The first-order valence-electron chi connectivity index (χ1n) is 12.8. The molecule has 2 aromatic heterocycles. The van der Waals surface area contributed by atoms with Crippen LogP contribution in [0.25, 0.3) is 10.9 Å². The molecular weight excluding hydrogens is 554 g/mol. The average Bonchev–Trinajstić information content (AvgIpc) is 3.59. The van der Waals surface area contributed by atoms with E-state index < -0.39 is 79.1 Å². The predicted molar refractivity (Wildman–Crippen MR) is 145 cm³/mol. The lowest BCUT2D eigenvalue weighted by Crippen LogP contribution is -2.57. The summed E-state index contributed by atoms with van der Waals surface area (Å²) < 4.78 is 0. The van der Waals surface area contributed by atoms with Gasteiger partial charge in [0.15, 0.2) is 0 Å². The fourth-order valence-corrected chi connectivity index (χ4v) is 4.19. The van der Waals surface area contributed by atoms with Gasteiger partial charge in [0.2, 0.25) is 17.7 Å². The highest BCUT2D eigenvalue weighted by atomic mass is 16.4. The summed E-state index contributed by atoms with van der Waals surface area (Å²) in [6.45, 7) is 0. The summed E-state index contributed by atoms with van der Waals surface area (Å²) in [5, 5.41) is 35.5. The molecule has 16 nitrogen and oxygen atoms in total. The number of carboxylic acid groups (broad SMARTS) is 3. The highest BCUT2D eigenvalue weighted by Crippen LogP contribution is 2.19. The second kappa shape index (κ2) is 14.4. The van der Waals surface area contributed by atoms with Crippen molar-refractivity contribution in [3.05, 3.63) is 54.2 Å². The number of aliphatic carboxylic acids is 3. The number of para-hydroxylation sites is 1. The molecule has 0 aliphatic rings. The average molecular weight is 586 g/mol. The van der Waals surface area contributed by atoms with Crippen LogP contribution < -0.4 is 21.7 Å². The Morgan fingerprint density at radius 2 is 1.50 bits per heavy atom. The number of aromatic amines is 2. The van der Waals surface area contributed by atoms with Gasteiger partial charge in [0, 0.05) is 41.8 Å². The van der Waals surface area contributed by atoms with Gasteiger partial charge >= 0.3 is 17.9 Å². The molecule has 0 saturated carbocycles. The fourth-order valence-electron chi connectivity index (χ4n) is 4.19. The molecule has 3 aromatic rings. The van der Waals surface area contributed by atoms with Gasteiger partial charge in [-0.2, -0.15) is 0 Å². The van der Waals surface area contributed by atoms with E-state index in [4.69, 9.17) is 10.8 Å². The third-order valence-corrected chi connectivity index (χ3v) is 6.34. The number of carbonyl (C=O) groups is 6. The number of H-pyrrole nitrogens is 2. The molecule has 16 heteroatoms. The second-order valence-electron chi connectivity index (χ2n) is 9.50. The molecule has 0 aliphatic carbocycles. The number of amides is 3. The largest absolute Gasteiger partial charge is 0.481 e. The normalized spacial score (nSPS) is 13.8. The number of benzene rings is 1. The molecule has 4 unspecified atom stereocenters. The number of rotatable bonds is 16. The standard InChI is InChI=1S/C26H31N7O9/c27-16(7-13-10-29-17-4-2-1-3-15(13)17)23(38)31-18(5-6-21(34)35)24(39)32-19(9-22(36)37)25(40)33-20(26(41)42)8-14-11-28-12-30-14/h1-4,10-12,16,18-20,29H,5-9,27H2,(H,28,30)(H,31,38)(H,32,39)(H,33,40)(H,34,35)(H,36,37)(H,41,42). The van der Waals surface area contributed by atoms with Crippen LogP contribution in [0.3, 0.4) is 0 Å². The number of carbonyl (C=O) groups excluding carboxylic acids is 3. The van der Waals surface area contributed by atoms with Crippen molar-refractivity contribution in [3.8, 4) is 0 Å². The lowest BCUT2D eigenvalue weighted by atomic mass is 10.0. The Kier molecular flexibility index (Phi) is 10.7. The van der Waals surface area contributed by atoms with Gasteiger partial charge in [0.25, 0.3) is 0 Å². The first-order chi connectivity index (χ1) is 19.9. The van der Waals surface area contributed by atoms with Gasteiger partial charge in [-0.05, 0) is 24.5 Å². The van der Waals surface area contributed by atoms with Gasteiger partial charge in [-0.3, -0.25) is 24.0 Å². The molecule has 4 atom stereocenters. The van der Waals surface area contributed by atoms with E-state index in [1.165, 1.54) is 12.5 Å². The summed E-state index contributed by atoms with van der Waals surface area (Å²) in [6, 6.07) is 1.46. The molecule has 42 heavy (non-hydrogen) atoms. The van der Waals surface area contributed by atoms with Crippen molar-refractivity contribution >= 4 is 46.5 Å². The van der Waals surface area contributed by atoms with Gasteiger partial charge in [0.1, 0.15) is 18.1 Å². The van der Waals surface area contributed by atoms with Crippen molar-refractivity contribution in [2.24, 2.45) is 5.73 Å². The molecule has 0 spiro atoms. The third kappa shape index (κ3) is 8.88. The highest BCUT2D eigenvalue weighted by molar-refractivity contribution is 5.96. The first kappa shape index (κ1) is 31.3. The zero-order valence-electron chi connectivity index (χ0n) is 22.2. The molecular formula is C26H31N7O9. The van der Waals surface area contributed by atoms with Crippen LogP contribution in [0.2, 0.25) is 0 Å². The van der Waals surface area contributed by atoms with Gasteiger partial charge in [0.05, 0.1) is 18.8 Å². The summed E-state index contributed by atoms with van der Waals surface area (Å²) in [6.07, 6.45) is 2.36. The van der Waals surface area contributed by atoms with Crippen molar-refractivity contribution in [3.63, 3.8) is 0 Å². The Morgan fingerprint density at radius 1 is 0.833 bits per heavy atom. The van der Waals surface area contributed by atoms with Crippen molar-refractivity contribution in [2.75, 3.05) is 0 Å². The molecule has 0 aliphatic heterocycles. The molecule has 0 radical (unpaired) electrons. The monoisotopic (exact) mass is 585 g/mol. The number of nitrogens with zero attached hydrogens (tertiary/aromatic N) is 1. The van der Waals surface area contributed by atoms with Crippen molar-refractivity contribution < 1.29 is 44.1 Å². The predicted octanol–water partition coefficient (Wildman–Crippen LogP) is -1.12. The van der Waals surface area contributed by atoms with Gasteiger partial charge < -0.3 is 47.0 Å². The van der Waals surface area contributed by atoms with Crippen LogP contribution in [0.15, 0.2) is 43.0 Å². The maximum absolute atomic E-state index is 13.1. The lowest BCUT2D eigenvalue weighted by molar-refractivity contribution is -0.143. The number of nitrogens with one attached hydrogen (secondary N) is 5. The summed E-state index contributed by atoms with van der Waals surface area (Å²) in [5.74, 6) is -7.12. The molecule has 10 N–H and O–H groups in total. The van der Waals surface area contributed by atoms with E-state index in [-0.39, 0.29) is 12.8 Å².